The maximum absolute atomic E-state index is 11.2. The first kappa shape index (κ1) is 13.8. The van der Waals surface area contributed by atoms with E-state index in [0.29, 0.717) is 30.6 Å². The van der Waals surface area contributed by atoms with Gasteiger partial charge in [0.25, 0.3) is 11.7 Å². The minimum absolute atomic E-state index is 0.0532. The molecule has 20 heavy (non-hydrogen) atoms. The Bertz CT molecular complexity index is 637. The molecule has 8 heteroatoms. The number of nitrogens with zero attached hydrogens (tertiary/aromatic N) is 2. The molecule has 1 aromatic carbocycles. The third-order valence-electron chi connectivity index (χ3n) is 2.59. The monoisotopic (exact) mass is 278 g/mol. The molecule has 0 aliphatic rings. The first-order valence-electron chi connectivity index (χ1n) is 6.15. The predicted molar refractivity (Wildman–Crippen MR) is 72.5 cm³/mol. The molecule has 0 radical (unpaired) electrons. The fraction of sp³-hybridized carbons (Fsp3) is 0.333. The van der Waals surface area contributed by atoms with Gasteiger partial charge in [0.05, 0.1) is 11.0 Å². The quantitative estimate of drug-likeness (QED) is 0.614. The number of nitro groups is 1. The summed E-state index contributed by atoms with van der Waals surface area (Å²) in [5.41, 5.74) is 0.804. The van der Waals surface area contributed by atoms with Gasteiger partial charge in [-0.3, -0.25) is 14.9 Å². The van der Waals surface area contributed by atoms with Crippen LogP contribution < -0.4 is 10.6 Å². The van der Waals surface area contributed by atoms with Crippen molar-refractivity contribution in [3.8, 4) is 0 Å². The van der Waals surface area contributed by atoms with Gasteiger partial charge in [0.15, 0.2) is 5.58 Å². The molecule has 0 saturated carbocycles. The van der Waals surface area contributed by atoms with Crippen LogP contribution in [-0.2, 0) is 4.79 Å². The number of carbonyl (C=O) groups is 1. The normalized spacial score (nSPS) is 10.4. The van der Waals surface area contributed by atoms with Gasteiger partial charge in [-0.05, 0) is 13.0 Å². The molecule has 1 heterocycles. The van der Waals surface area contributed by atoms with E-state index < -0.39 is 4.92 Å². The van der Waals surface area contributed by atoms with Crippen molar-refractivity contribution in [1.82, 2.24) is 10.3 Å². The number of benzene rings is 1. The molecule has 0 saturated heterocycles. The number of nitrogens with one attached hydrogen (secondary N) is 2. The van der Waals surface area contributed by atoms with Crippen molar-refractivity contribution in [2.75, 3.05) is 18.4 Å². The van der Waals surface area contributed by atoms with Gasteiger partial charge in [0, 0.05) is 25.6 Å². The third-order valence-corrected chi connectivity index (χ3v) is 2.59. The molecule has 0 bridgehead atoms. The second-order valence-electron chi connectivity index (χ2n) is 4.06. The van der Waals surface area contributed by atoms with E-state index in [2.05, 4.69) is 15.6 Å². The van der Waals surface area contributed by atoms with E-state index in [1.54, 1.807) is 0 Å². The van der Waals surface area contributed by atoms with Crippen molar-refractivity contribution < 1.29 is 14.1 Å². The van der Waals surface area contributed by atoms with Crippen LogP contribution in [0.4, 0.5) is 11.7 Å². The summed E-state index contributed by atoms with van der Waals surface area (Å²) >= 11 is 0. The summed E-state index contributed by atoms with van der Waals surface area (Å²) in [7, 11) is 0. The van der Waals surface area contributed by atoms with Crippen LogP contribution in [0.1, 0.15) is 13.3 Å². The fourth-order valence-electron chi connectivity index (χ4n) is 1.67. The lowest BCUT2D eigenvalue weighted by atomic mass is 10.3. The van der Waals surface area contributed by atoms with E-state index in [9.17, 15) is 14.9 Å². The van der Waals surface area contributed by atoms with Crippen LogP contribution in [0.3, 0.4) is 0 Å². The van der Waals surface area contributed by atoms with Crippen molar-refractivity contribution >= 4 is 28.7 Å². The second kappa shape index (κ2) is 6.00. The highest BCUT2D eigenvalue weighted by molar-refractivity contribution is 5.78. The van der Waals surface area contributed by atoms with Gasteiger partial charge >= 0.3 is 0 Å². The Kier molecular flexibility index (Phi) is 4.14. The molecule has 0 aliphatic heterocycles. The number of hydrogen-bond donors (Lipinski definition) is 2. The molecule has 2 aromatic rings. The Labute approximate surface area is 114 Å². The highest BCUT2D eigenvalue weighted by Crippen LogP contribution is 2.23. The zero-order chi connectivity index (χ0) is 14.5. The minimum Gasteiger partial charge on any atom is -0.423 e. The molecular weight excluding hydrogens is 264 g/mol. The van der Waals surface area contributed by atoms with Gasteiger partial charge in [-0.25, -0.2) is 0 Å². The Morgan fingerprint density at radius 1 is 1.50 bits per heavy atom. The Balaban J connectivity index is 2.01. The van der Waals surface area contributed by atoms with Gasteiger partial charge in [0.1, 0.15) is 5.52 Å². The van der Waals surface area contributed by atoms with Crippen LogP contribution in [0.5, 0.6) is 0 Å². The van der Waals surface area contributed by atoms with Gasteiger partial charge in [-0.1, -0.05) is 0 Å². The summed E-state index contributed by atoms with van der Waals surface area (Å²) in [6.07, 6.45) is 0.298. The molecule has 2 N–H and O–H groups in total. The molecule has 1 amide bonds. The average Bonchev–Trinajstić information content (AvgIpc) is 2.80. The van der Waals surface area contributed by atoms with E-state index in [1.807, 2.05) is 6.92 Å². The van der Waals surface area contributed by atoms with Crippen LogP contribution in [0.2, 0.25) is 0 Å². The topological polar surface area (TPSA) is 110 Å². The largest absolute Gasteiger partial charge is 0.423 e. The minimum atomic E-state index is -0.496. The van der Waals surface area contributed by atoms with Gasteiger partial charge < -0.3 is 15.1 Å². The van der Waals surface area contributed by atoms with Crippen LogP contribution in [-0.4, -0.2) is 28.9 Å². The molecule has 0 fully saturated rings. The van der Waals surface area contributed by atoms with Crippen LogP contribution in [0.15, 0.2) is 22.6 Å². The fourth-order valence-corrected chi connectivity index (χ4v) is 1.67. The number of rotatable bonds is 6. The van der Waals surface area contributed by atoms with E-state index in [0.717, 1.165) is 0 Å². The molecule has 1 aromatic heterocycles. The molecule has 0 spiro atoms. The van der Waals surface area contributed by atoms with Crippen LogP contribution in [0, 0.1) is 10.1 Å². The maximum Gasteiger partial charge on any atom is 0.295 e. The lowest BCUT2D eigenvalue weighted by molar-refractivity contribution is -0.384. The molecular formula is C12H14N4O4. The van der Waals surface area contributed by atoms with Crippen molar-refractivity contribution in [2.24, 2.45) is 0 Å². The standard InChI is InChI=1S/C12H14N4O4/c1-2-13-11(17)5-6-14-12-15-9-4-3-8(16(18)19)7-10(9)20-12/h3-4,7H,2,5-6H2,1H3,(H,13,17)(H,14,15). The average molecular weight is 278 g/mol. The first-order valence-corrected chi connectivity index (χ1v) is 6.15. The molecule has 0 aliphatic carbocycles. The van der Waals surface area contributed by atoms with Crippen molar-refractivity contribution in [2.45, 2.75) is 13.3 Å². The molecule has 106 valence electrons. The molecule has 8 nitrogen and oxygen atoms in total. The lowest BCUT2D eigenvalue weighted by Crippen LogP contribution is -2.24. The highest BCUT2D eigenvalue weighted by Gasteiger charge is 2.11. The summed E-state index contributed by atoms with van der Waals surface area (Å²) in [5, 5.41) is 16.2. The highest BCUT2D eigenvalue weighted by atomic mass is 16.6. The SMILES string of the molecule is CCNC(=O)CCNc1nc2ccc([N+](=O)[O-])cc2o1. The van der Waals surface area contributed by atoms with Crippen molar-refractivity contribution in [3.63, 3.8) is 0 Å². The number of aromatic nitrogens is 1. The number of amides is 1. The number of hydrogen-bond acceptors (Lipinski definition) is 6. The van der Waals surface area contributed by atoms with Crippen LogP contribution in [0.25, 0.3) is 11.1 Å². The Morgan fingerprint density at radius 3 is 3.00 bits per heavy atom. The van der Waals surface area contributed by atoms with E-state index >= 15 is 0 Å². The number of non-ortho nitro benzene ring substituents is 1. The van der Waals surface area contributed by atoms with Gasteiger partial charge in [-0.15, -0.1) is 0 Å². The summed E-state index contributed by atoms with van der Waals surface area (Å²) in [6, 6.07) is 4.44. The van der Waals surface area contributed by atoms with Crippen LogP contribution >= 0.6 is 0 Å². The van der Waals surface area contributed by atoms with Gasteiger partial charge in [0.2, 0.25) is 5.91 Å². The smallest absolute Gasteiger partial charge is 0.295 e. The molecule has 0 unspecified atom stereocenters. The molecule has 0 atom stereocenters. The summed E-state index contributed by atoms with van der Waals surface area (Å²) in [6.45, 7) is 2.81. The summed E-state index contributed by atoms with van der Waals surface area (Å²) < 4.78 is 5.34. The Morgan fingerprint density at radius 2 is 2.30 bits per heavy atom. The zero-order valence-corrected chi connectivity index (χ0v) is 10.9. The third kappa shape index (κ3) is 3.22. The summed E-state index contributed by atoms with van der Waals surface area (Å²) in [4.78, 5) is 25.5. The Hall–Kier alpha value is -2.64. The number of anilines is 1. The number of fused-ring (bicyclic) bond motifs is 1. The second-order valence-corrected chi connectivity index (χ2v) is 4.06. The first-order chi connectivity index (χ1) is 9.60. The maximum atomic E-state index is 11.2. The van der Waals surface area contributed by atoms with E-state index in [-0.39, 0.29) is 17.6 Å². The predicted octanol–water partition coefficient (Wildman–Crippen LogP) is 1.67. The number of oxazole rings is 1. The summed E-state index contributed by atoms with van der Waals surface area (Å²) in [5.74, 6) is -0.0632. The zero-order valence-electron chi connectivity index (χ0n) is 10.9. The van der Waals surface area contributed by atoms with E-state index in [1.165, 1.54) is 18.2 Å². The van der Waals surface area contributed by atoms with E-state index in [4.69, 9.17) is 4.42 Å². The van der Waals surface area contributed by atoms with Crippen molar-refractivity contribution in [3.05, 3.63) is 28.3 Å². The van der Waals surface area contributed by atoms with Gasteiger partial charge in [-0.2, -0.15) is 4.98 Å². The number of carbonyl (C=O) groups excluding carboxylic acids is 1. The van der Waals surface area contributed by atoms with Crippen molar-refractivity contribution in [1.29, 1.82) is 0 Å². The lowest BCUT2D eigenvalue weighted by Gasteiger charge is -2.01. The number of nitro benzene ring substituents is 1. The molecule has 2 rings (SSSR count).